The molecule has 0 saturated heterocycles. The van der Waals surface area contributed by atoms with Crippen molar-refractivity contribution in [2.45, 2.75) is 38.4 Å². The monoisotopic (exact) mass is 413 g/mol. The number of H-pyrrole nitrogens is 1. The van der Waals surface area contributed by atoms with Crippen LogP contribution in [0.2, 0.25) is 0 Å². The maximum atomic E-state index is 13.0. The number of aromatic nitrogens is 5. The SMILES string of the molecule is Cc1cc(C(F)(F)F)cc(O)c1-c1ccc2cn([C@@H]3CCc4[nH]cnc4C3)nc2n1. The molecule has 0 fully saturated rings. The van der Waals surface area contributed by atoms with Crippen molar-refractivity contribution in [3.63, 3.8) is 0 Å². The molecule has 0 saturated carbocycles. The first-order valence-corrected chi connectivity index (χ1v) is 9.58. The van der Waals surface area contributed by atoms with Crippen LogP contribution < -0.4 is 0 Å². The lowest BCUT2D eigenvalue weighted by molar-refractivity contribution is -0.137. The fourth-order valence-corrected chi connectivity index (χ4v) is 4.12. The van der Waals surface area contributed by atoms with Gasteiger partial charge in [-0.15, -0.1) is 0 Å². The van der Waals surface area contributed by atoms with Crippen molar-refractivity contribution >= 4 is 11.0 Å². The van der Waals surface area contributed by atoms with Crippen molar-refractivity contribution in [3.8, 4) is 17.0 Å². The number of fused-ring (bicyclic) bond motifs is 2. The Morgan fingerprint density at radius 3 is 2.83 bits per heavy atom. The molecule has 9 heteroatoms. The van der Waals surface area contributed by atoms with E-state index in [9.17, 15) is 18.3 Å². The summed E-state index contributed by atoms with van der Waals surface area (Å²) in [6.07, 6.45) is 1.71. The minimum atomic E-state index is -4.52. The molecule has 1 aliphatic rings. The Bertz CT molecular complexity index is 1230. The van der Waals surface area contributed by atoms with Gasteiger partial charge in [-0.3, -0.25) is 4.68 Å². The summed E-state index contributed by atoms with van der Waals surface area (Å²) >= 11 is 0. The van der Waals surface area contributed by atoms with Gasteiger partial charge in [-0.2, -0.15) is 18.3 Å². The van der Waals surface area contributed by atoms with Crippen LogP contribution in [0.4, 0.5) is 13.2 Å². The van der Waals surface area contributed by atoms with Crippen LogP contribution in [-0.4, -0.2) is 29.8 Å². The topological polar surface area (TPSA) is 79.6 Å². The van der Waals surface area contributed by atoms with Gasteiger partial charge in [0, 0.05) is 29.3 Å². The zero-order valence-corrected chi connectivity index (χ0v) is 16.0. The Labute approximate surface area is 169 Å². The van der Waals surface area contributed by atoms with E-state index in [0.717, 1.165) is 48.2 Å². The smallest absolute Gasteiger partial charge is 0.416 e. The Kier molecular flexibility index (Phi) is 4.09. The molecule has 5 rings (SSSR count). The lowest BCUT2D eigenvalue weighted by Gasteiger charge is -2.21. The summed E-state index contributed by atoms with van der Waals surface area (Å²) in [6.45, 7) is 1.53. The zero-order chi connectivity index (χ0) is 21.0. The number of nitrogens with one attached hydrogen (secondary N) is 1. The molecule has 1 atom stereocenters. The number of hydrogen-bond donors (Lipinski definition) is 2. The predicted molar refractivity (Wildman–Crippen MR) is 104 cm³/mol. The number of benzene rings is 1. The van der Waals surface area contributed by atoms with E-state index in [1.807, 2.05) is 16.9 Å². The summed E-state index contributed by atoms with van der Waals surface area (Å²) in [5.41, 5.74) is 2.77. The number of pyridine rings is 1. The normalized spacial score (nSPS) is 16.7. The lowest BCUT2D eigenvalue weighted by atomic mass is 9.96. The molecule has 1 aliphatic carbocycles. The van der Waals surface area contributed by atoms with Gasteiger partial charge in [0.2, 0.25) is 0 Å². The van der Waals surface area contributed by atoms with Crippen LogP contribution in [0.3, 0.4) is 0 Å². The number of halogens is 3. The number of aromatic hydroxyl groups is 1. The summed E-state index contributed by atoms with van der Waals surface area (Å²) in [4.78, 5) is 12.0. The van der Waals surface area contributed by atoms with Gasteiger partial charge in [0.05, 0.1) is 29.3 Å². The number of rotatable bonds is 2. The molecule has 3 aromatic heterocycles. The van der Waals surface area contributed by atoms with Crippen molar-refractivity contribution in [2.75, 3.05) is 0 Å². The van der Waals surface area contributed by atoms with Crippen molar-refractivity contribution in [3.05, 3.63) is 59.3 Å². The molecular formula is C21H18F3N5O. The van der Waals surface area contributed by atoms with Gasteiger partial charge < -0.3 is 10.1 Å². The summed E-state index contributed by atoms with van der Waals surface area (Å²) < 4.78 is 40.9. The van der Waals surface area contributed by atoms with E-state index < -0.39 is 17.5 Å². The first-order valence-electron chi connectivity index (χ1n) is 9.58. The molecule has 4 aromatic rings. The number of hydrogen-bond acceptors (Lipinski definition) is 4. The number of aromatic amines is 1. The highest BCUT2D eigenvalue weighted by atomic mass is 19.4. The van der Waals surface area contributed by atoms with Crippen LogP contribution in [0.25, 0.3) is 22.3 Å². The molecule has 2 N–H and O–H groups in total. The number of phenols is 1. The highest BCUT2D eigenvalue weighted by Gasteiger charge is 2.32. The van der Waals surface area contributed by atoms with Gasteiger partial charge in [-0.25, -0.2) is 9.97 Å². The van der Waals surface area contributed by atoms with Gasteiger partial charge >= 0.3 is 6.18 Å². The number of nitrogens with zero attached hydrogens (tertiary/aromatic N) is 4. The second-order valence-electron chi connectivity index (χ2n) is 7.63. The van der Waals surface area contributed by atoms with Crippen molar-refractivity contribution in [1.82, 2.24) is 24.7 Å². The Morgan fingerprint density at radius 1 is 1.23 bits per heavy atom. The summed E-state index contributed by atoms with van der Waals surface area (Å²) in [6, 6.07) is 5.43. The van der Waals surface area contributed by atoms with Gasteiger partial charge in [0.25, 0.3) is 0 Å². The standard InChI is InChI=1S/C21H18F3N5O/c1-11-6-13(21(22,23)24)7-18(30)19(11)16-4-2-12-9-29(28-20(12)27-16)14-3-5-15-17(8-14)26-10-25-15/h2,4,6-7,9-10,14,30H,3,5,8H2,1H3,(H,25,26)/t14-/m1/s1. The van der Waals surface area contributed by atoms with E-state index in [1.165, 1.54) is 6.92 Å². The predicted octanol–water partition coefficient (Wildman–Crippen LogP) is 4.58. The molecule has 0 radical (unpaired) electrons. The Morgan fingerprint density at radius 2 is 2.07 bits per heavy atom. The van der Waals surface area contributed by atoms with Crippen LogP contribution >= 0.6 is 0 Å². The number of imidazole rings is 1. The second-order valence-corrected chi connectivity index (χ2v) is 7.63. The molecule has 30 heavy (non-hydrogen) atoms. The van der Waals surface area contributed by atoms with E-state index >= 15 is 0 Å². The molecule has 0 bridgehead atoms. The van der Waals surface area contributed by atoms with E-state index in [2.05, 4.69) is 20.1 Å². The molecule has 0 unspecified atom stereocenters. The molecule has 6 nitrogen and oxygen atoms in total. The minimum Gasteiger partial charge on any atom is -0.507 e. The molecule has 0 amide bonds. The average molecular weight is 413 g/mol. The molecule has 1 aromatic carbocycles. The maximum Gasteiger partial charge on any atom is 0.416 e. The first-order chi connectivity index (χ1) is 14.3. The van der Waals surface area contributed by atoms with E-state index in [0.29, 0.717) is 16.9 Å². The lowest BCUT2D eigenvalue weighted by Crippen LogP contribution is -2.19. The van der Waals surface area contributed by atoms with Gasteiger partial charge in [0.1, 0.15) is 5.75 Å². The highest BCUT2D eigenvalue weighted by molar-refractivity contribution is 5.80. The van der Waals surface area contributed by atoms with Crippen LogP contribution in [0, 0.1) is 6.92 Å². The quantitative estimate of drug-likeness (QED) is 0.504. The highest BCUT2D eigenvalue weighted by Crippen LogP contribution is 2.39. The van der Waals surface area contributed by atoms with E-state index in [1.54, 1.807) is 12.4 Å². The fourth-order valence-electron chi connectivity index (χ4n) is 4.12. The van der Waals surface area contributed by atoms with Gasteiger partial charge in [-0.1, -0.05) is 0 Å². The van der Waals surface area contributed by atoms with Crippen LogP contribution in [0.5, 0.6) is 5.75 Å². The fraction of sp³-hybridized carbons (Fsp3) is 0.286. The van der Waals surface area contributed by atoms with Crippen LogP contribution in [0.1, 0.15) is 35.0 Å². The third-order valence-corrected chi connectivity index (χ3v) is 5.62. The first kappa shape index (κ1) is 18.7. The van der Waals surface area contributed by atoms with Gasteiger partial charge in [0.15, 0.2) is 5.65 Å². The third-order valence-electron chi connectivity index (χ3n) is 5.62. The summed E-state index contributed by atoms with van der Waals surface area (Å²) in [5, 5.41) is 15.7. The zero-order valence-electron chi connectivity index (χ0n) is 16.0. The van der Waals surface area contributed by atoms with Crippen LogP contribution in [-0.2, 0) is 19.0 Å². The molecular weight excluding hydrogens is 395 g/mol. The third kappa shape index (κ3) is 3.10. The number of alkyl halides is 3. The number of phenolic OH excluding ortho intramolecular Hbond substituents is 1. The maximum absolute atomic E-state index is 13.0. The Balaban J connectivity index is 1.51. The molecule has 3 heterocycles. The summed E-state index contributed by atoms with van der Waals surface area (Å²) in [7, 11) is 0. The van der Waals surface area contributed by atoms with Gasteiger partial charge in [-0.05, 0) is 49.6 Å². The Hall–Kier alpha value is -3.36. The molecule has 0 spiro atoms. The minimum absolute atomic E-state index is 0.166. The average Bonchev–Trinajstić information content (AvgIpc) is 3.32. The largest absolute Gasteiger partial charge is 0.507 e. The van der Waals surface area contributed by atoms with Crippen LogP contribution in [0.15, 0.2) is 36.8 Å². The summed E-state index contributed by atoms with van der Waals surface area (Å²) in [5.74, 6) is -0.452. The molecule has 0 aliphatic heterocycles. The van der Waals surface area contributed by atoms with E-state index in [-0.39, 0.29) is 11.6 Å². The van der Waals surface area contributed by atoms with E-state index in [4.69, 9.17) is 0 Å². The number of aryl methyl sites for hydroxylation is 2. The van der Waals surface area contributed by atoms with Crippen molar-refractivity contribution in [1.29, 1.82) is 0 Å². The van der Waals surface area contributed by atoms with Crippen molar-refractivity contribution in [2.24, 2.45) is 0 Å². The van der Waals surface area contributed by atoms with Crippen molar-refractivity contribution < 1.29 is 18.3 Å². The molecule has 154 valence electrons. The second kappa shape index (κ2) is 6.58.